The van der Waals surface area contributed by atoms with Gasteiger partial charge in [0.15, 0.2) is 28.9 Å². The first-order valence-electron chi connectivity index (χ1n) is 16.8. The second kappa shape index (κ2) is 15.6. The molecule has 2 aliphatic rings. The summed E-state index contributed by atoms with van der Waals surface area (Å²) in [5.41, 5.74) is 3.61. The lowest BCUT2D eigenvalue weighted by molar-refractivity contribution is -0.128. The lowest BCUT2D eigenvalue weighted by Crippen LogP contribution is -2.57. The van der Waals surface area contributed by atoms with Gasteiger partial charge in [-0.1, -0.05) is 60.7 Å². The van der Waals surface area contributed by atoms with Crippen molar-refractivity contribution >= 4 is 17.2 Å². The Morgan fingerprint density at radius 1 is 0.583 bits per heavy atom. The number of nitrogens with zero attached hydrogens (tertiary/aromatic N) is 4. The van der Waals surface area contributed by atoms with Crippen LogP contribution in [-0.2, 0) is 18.0 Å². The molecule has 252 valence electrons. The van der Waals surface area contributed by atoms with Gasteiger partial charge in [-0.2, -0.15) is 0 Å². The summed E-state index contributed by atoms with van der Waals surface area (Å²) in [4.78, 5) is 22.4. The number of ether oxygens (including phenoxy) is 2. The minimum absolute atomic E-state index is 0.203. The number of benzene rings is 4. The van der Waals surface area contributed by atoms with E-state index in [-0.39, 0.29) is 41.0 Å². The lowest BCUT2D eigenvalue weighted by Gasteiger charge is -2.42. The molecule has 2 fully saturated rings. The maximum Gasteiger partial charge on any atom is 0.167 e. The summed E-state index contributed by atoms with van der Waals surface area (Å²) < 4.78 is 41.2. The quantitative estimate of drug-likeness (QED) is 0.175. The van der Waals surface area contributed by atoms with Gasteiger partial charge in [0.2, 0.25) is 0 Å². The molecule has 4 aromatic carbocycles. The Morgan fingerprint density at radius 2 is 0.958 bits per heavy atom. The lowest BCUT2D eigenvalue weighted by atomic mass is 10.0. The first-order chi connectivity index (χ1) is 23.4. The summed E-state index contributed by atoms with van der Waals surface area (Å²) in [7, 11) is 0. The van der Waals surface area contributed by atoms with Crippen molar-refractivity contribution in [2.24, 2.45) is 0 Å². The van der Waals surface area contributed by atoms with Crippen molar-refractivity contribution in [3.8, 4) is 11.5 Å². The number of carbonyl (C=O) groups excluding carboxylic acids is 1. The fraction of sp³-hybridized carbons (Fsp3) is 0.359. The zero-order valence-corrected chi connectivity index (χ0v) is 27.7. The fourth-order valence-corrected chi connectivity index (χ4v) is 6.52. The molecule has 2 heterocycles. The molecule has 2 saturated heterocycles. The van der Waals surface area contributed by atoms with E-state index in [1.54, 1.807) is 12.1 Å². The largest absolute Gasteiger partial charge is 0.486 e. The number of hydrogen-bond donors (Lipinski definition) is 0. The van der Waals surface area contributed by atoms with Crippen LogP contribution in [0.25, 0.3) is 0 Å². The molecule has 0 spiro atoms. The third-order valence-corrected chi connectivity index (χ3v) is 9.58. The van der Waals surface area contributed by atoms with Crippen molar-refractivity contribution < 1.29 is 23.0 Å². The zero-order valence-electron chi connectivity index (χ0n) is 27.7. The van der Waals surface area contributed by atoms with Gasteiger partial charge in [-0.15, -0.1) is 0 Å². The van der Waals surface area contributed by atoms with Crippen LogP contribution < -0.4 is 19.3 Å². The molecular weight excluding hydrogens is 610 g/mol. The Kier molecular flexibility index (Phi) is 10.9. The number of ketones is 1. The fourth-order valence-electron chi connectivity index (χ4n) is 6.52. The van der Waals surface area contributed by atoms with Crippen LogP contribution in [0.4, 0.5) is 20.2 Å². The average molecular weight is 655 g/mol. The molecule has 0 amide bonds. The van der Waals surface area contributed by atoms with Crippen molar-refractivity contribution in [3.63, 3.8) is 0 Å². The minimum Gasteiger partial charge on any atom is -0.486 e. The number of Topliss-reactive ketones (excluding diaryl/α,β-unsaturated/α-hetero) is 1. The molecule has 0 aromatic heterocycles. The first-order valence-corrected chi connectivity index (χ1v) is 16.8. The Balaban J connectivity index is 0.949. The molecule has 6 rings (SSSR count). The van der Waals surface area contributed by atoms with Crippen molar-refractivity contribution in [1.82, 2.24) is 9.80 Å². The second-order valence-electron chi connectivity index (χ2n) is 12.6. The second-order valence-corrected chi connectivity index (χ2v) is 12.6. The van der Waals surface area contributed by atoms with E-state index in [0.29, 0.717) is 39.4 Å². The monoisotopic (exact) mass is 654 g/mol. The summed E-state index contributed by atoms with van der Waals surface area (Å²) in [6.45, 7) is 10.3. The molecule has 0 N–H and O–H groups in total. The third-order valence-electron chi connectivity index (χ3n) is 9.58. The smallest absolute Gasteiger partial charge is 0.167 e. The molecule has 48 heavy (non-hydrogen) atoms. The van der Waals surface area contributed by atoms with Crippen molar-refractivity contribution in [2.45, 2.75) is 39.1 Å². The van der Waals surface area contributed by atoms with Crippen LogP contribution in [0.5, 0.6) is 11.5 Å². The Morgan fingerprint density at radius 3 is 1.31 bits per heavy atom. The SMILES string of the molecule is CC(C(=O)C(C)N1CCN(c2ccc(OCc3ccccc3)c(F)c2)CC1)N1CCN(c2ccc(OCc3ccccc3)c(F)c2)CC1. The van der Waals surface area contributed by atoms with Gasteiger partial charge < -0.3 is 19.3 Å². The van der Waals surface area contributed by atoms with E-state index < -0.39 is 0 Å². The van der Waals surface area contributed by atoms with E-state index in [9.17, 15) is 13.6 Å². The van der Waals surface area contributed by atoms with E-state index in [1.165, 1.54) is 12.1 Å². The molecule has 0 aliphatic carbocycles. The molecule has 0 bridgehead atoms. The predicted octanol–water partition coefficient (Wildman–Crippen LogP) is 6.41. The molecule has 2 atom stereocenters. The van der Waals surface area contributed by atoms with Gasteiger partial charge in [-0.05, 0) is 49.2 Å². The van der Waals surface area contributed by atoms with Crippen LogP contribution in [0.1, 0.15) is 25.0 Å². The highest BCUT2D eigenvalue weighted by atomic mass is 19.1. The highest BCUT2D eigenvalue weighted by molar-refractivity contribution is 5.88. The standard InChI is InChI=1S/C39H44F2N4O3/c1-29(42-17-21-44(22-18-42)33-13-15-37(35(40)25-33)47-27-31-9-5-3-6-10-31)39(46)30(2)43-19-23-45(24-20-43)34-14-16-38(36(41)26-34)48-28-32-11-7-4-8-12-32/h3-16,25-26,29-30H,17-24,27-28H2,1-2H3. The molecule has 7 nitrogen and oxygen atoms in total. The third kappa shape index (κ3) is 8.14. The summed E-state index contributed by atoms with van der Waals surface area (Å²) >= 11 is 0. The zero-order chi connectivity index (χ0) is 33.5. The van der Waals surface area contributed by atoms with Crippen LogP contribution in [0.2, 0.25) is 0 Å². The predicted molar refractivity (Wildman–Crippen MR) is 186 cm³/mol. The molecule has 0 radical (unpaired) electrons. The molecule has 2 aliphatic heterocycles. The number of hydrogen-bond acceptors (Lipinski definition) is 7. The van der Waals surface area contributed by atoms with E-state index in [1.807, 2.05) is 86.6 Å². The number of anilines is 2. The number of rotatable bonds is 12. The maximum atomic E-state index is 14.9. The molecule has 4 aromatic rings. The summed E-state index contributed by atoms with van der Waals surface area (Å²) in [6, 6.07) is 29.2. The Hall–Kier alpha value is -4.47. The van der Waals surface area contributed by atoms with E-state index in [0.717, 1.165) is 48.7 Å². The molecule has 0 saturated carbocycles. The maximum absolute atomic E-state index is 14.9. The van der Waals surface area contributed by atoms with Gasteiger partial charge in [0, 0.05) is 75.9 Å². The normalized spacial score (nSPS) is 17.2. The van der Waals surface area contributed by atoms with Crippen molar-refractivity contribution in [3.05, 3.63) is 120 Å². The van der Waals surface area contributed by atoms with Gasteiger partial charge in [0.05, 0.1) is 12.1 Å². The van der Waals surface area contributed by atoms with Gasteiger partial charge >= 0.3 is 0 Å². The van der Waals surface area contributed by atoms with Gasteiger partial charge in [-0.3, -0.25) is 14.6 Å². The summed E-state index contributed by atoms with van der Waals surface area (Å²) in [5.74, 6) is -0.0700. The number of carbonyl (C=O) groups is 1. The topological polar surface area (TPSA) is 48.5 Å². The van der Waals surface area contributed by atoms with Gasteiger partial charge in [0.1, 0.15) is 13.2 Å². The van der Waals surface area contributed by atoms with Crippen LogP contribution in [0, 0.1) is 11.6 Å². The van der Waals surface area contributed by atoms with Gasteiger partial charge in [-0.25, -0.2) is 8.78 Å². The molecule has 9 heteroatoms. The van der Waals surface area contributed by atoms with Crippen LogP contribution >= 0.6 is 0 Å². The first kappa shape index (κ1) is 33.4. The van der Waals surface area contributed by atoms with E-state index in [2.05, 4.69) is 19.6 Å². The van der Waals surface area contributed by atoms with Crippen LogP contribution in [0.15, 0.2) is 97.1 Å². The van der Waals surface area contributed by atoms with Crippen LogP contribution in [-0.4, -0.2) is 80.0 Å². The molecule has 2 unspecified atom stereocenters. The summed E-state index contributed by atoms with van der Waals surface area (Å²) in [5, 5.41) is 0. The Labute approximate surface area is 282 Å². The summed E-state index contributed by atoms with van der Waals surface area (Å²) in [6.07, 6.45) is 0. The van der Waals surface area contributed by atoms with Crippen LogP contribution in [0.3, 0.4) is 0 Å². The van der Waals surface area contributed by atoms with E-state index >= 15 is 0 Å². The number of halogens is 2. The average Bonchev–Trinajstić information content (AvgIpc) is 3.14. The Bertz CT molecular complexity index is 1520. The van der Waals surface area contributed by atoms with Gasteiger partial charge in [0.25, 0.3) is 0 Å². The molecular formula is C39H44F2N4O3. The highest BCUT2D eigenvalue weighted by Gasteiger charge is 2.33. The van der Waals surface area contributed by atoms with Crippen molar-refractivity contribution in [1.29, 1.82) is 0 Å². The van der Waals surface area contributed by atoms with E-state index in [4.69, 9.17) is 9.47 Å². The number of piperazine rings is 2. The van der Waals surface area contributed by atoms with Crippen molar-refractivity contribution in [2.75, 3.05) is 62.2 Å². The minimum atomic E-state index is -0.377. The highest BCUT2D eigenvalue weighted by Crippen LogP contribution is 2.28.